The van der Waals surface area contributed by atoms with Crippen LogP contribution in [-0.4, -0.2) is 21.2 Å². The number of benzene rings is 1. The van der Waals surface area contributed by atoms with Crippen molar-refractivity contribution in [3.05, 3.63) is 39.9 Å². The zero-order valence-electron chi connectivity index (χ0n) is 20.0. The molecular weight excluding hydrogens is 456 g/mol. The van der Waals surface area contributed by atoms with Gasteiger partial charge in [-0.2, -0.15) is 0 Å². The van der Waals surface area contributed by atoms with E-state index in [2.05, 4.69) is 75.8 Å². The highest BCUT2D eigenvalue weighted by atomic mass is 79.9. The Morgan fingerprint density at radius 1 is 1.23 bits per heavy atom. The Labute approximate surface area is 192 Å². The topological polar surface area (TPSA) is 35.5 Å². The molecule has 2 rings (SSSR count). The Morgan fingerprint density at radius 3 is 2.40 bits per heavy atom. The van der Waals surface area contributed by atoms with E-state index in [9.17, 15) is 4.79 Å². The van der Waals surface area contributed by atoms with Crippen LogP contribution in [0, 0.1) is 11.3 Å². The second kappa shape index (κ2) is 9.03. The summed E-state index contributed by atoms with van der Waals surface area (Å²) >= 11 is 3.59. The van der Waals surface area contributed by atoms with Crippen LogP contribution in [0.25, 0.3) is 6.08 Å². The molecule has 1 aliphatic rings. The fraction of sp³-hybridized carbons (Fsp3) is 0.560. The van der Waals surface area contributed by atoms with Crippen molar-refractivity contribution >= 4 is 36.1 Å². The van der Waals surface area contributed by atoms with Crippen LogP contribution in [0.2, 0.25) is 18.1 Å². The molecule has 3 nitrogen and oxygen atoms in total. The maximum absolute atomic E-state index is 12.6. The summed E-state index contributed by atoms with van der Waals surface area (Å²) in [4.78, 5) is 12.6. The molecule has 0 heterocycles. The van der Waals surface area contributed by atoms with Crippen molar-refractivity contribution in [2.24, 2.45) is 11.3 Å². The van der Waals surface area contributed by atoms with Crippen LogP contribution >= 0.6 is 15.9 Å². The van der Waals surface area contributed by atoms with Crippen molar-refractivity contribution in [1.29, 1.82) is 0 Å². The predicted octanol–water partition coefficient (Wildman–Crippen LogP) is 7.81. The van der Waals surface area contributed by atoms with Crippen LogP contribution < -0.4 is 9.16 Å². The minimum Gasteiger partial charge on any atom is -0.543 e. The Hall–Kier alpha value is -1.33. The standard InChI is InChI=1S/C25H37BrO3Si/c1-17-13-21(27)19(25(5,6)16-17)12-10-11-18-14-23(28-7)20(26)15-22(18)29-30(8,9)24(2,3)4/h10-11,13-15,19H,12,16H2,1-9H3/b11-10+. The molecule has 30 heavy (non-hydrogen) atoms. The number of methoxy groups -OCH3 is 1. The van der Waals surface area contributed by atoms with Gasteiger partial charge in [-0.3, -0.25) is 4.79 Å². The average molecular weight is 494 g/mol. The fourth-order valence-electron chi connectivity index (χ4n) is 3.74. The molecule has 5 heteroatoms. The Balaban J connectivity index is 2.35. The lowest BCUT2D eigenvalue weighted by Gasteiger charge is -2.37. The molecule has 0 N–H and O–H groups in total. The summed E-state index contributed by atoms with van der Waals surface area (Å²) in [6.07, 6.45) is 7.68. The van der Waals surface area contributed by atoms with Gasteiger partial charge < -0.3 is 9.16 Å². The summed E-state index contributed by atoms with van der Waals surface area (Å²) in [6, 6.07) is 4.00. The highest BCUT2D eigenvalue weighted by molar-refractivity contribution is 9.10. The number of ether oxygens (including phenoxy) is 1. The summed E-state index contributed by atoms with van der Waals surface area (Å²) in [6.45, 7) is 17.6. The normalized spacial score (nSPS) is 19.7. The van der Waals surface area contributed by atoms with Crippen molar-refractivity contribution in [1.82, 2.24) is 0 Å². The molecule has 0 saturated heterocycles. The van der Waals surface area contributed by atoms with Gasteiger partial charge >= 0.3 is 0 Å². The second-order valence-corrected chi connectivity index (χ2v) is 16.2. The second-order valence-electron chi connectivity index (χ2n) is 10.6. The van der Waals surface area contributed by atoms with Gasteiger partial charge in [-0.15, -0.1) is 0 Å². The van der Waals surface area contributed by atoms with Gasteiger partial charge in [0.05, 0.1) is 11.6 Å². The molecule has 0 fully saturated rings. The predicted molar refractivity (Wildman–Crippen MR) is 133 cm³/mol. The van der Waals surface area contributed by atoms with Gasteiger partial charge in [0.15, 0.2) is 5.78 Å². The SMILES string of the molecule is COc1cc(/C=C/CC2C(=O)C=C(C)CC2(C)C)c(O[Si](C)(C)C(C)(C)C)cc1Br. The lowest BCUT2D eigenvalue weighted by Crippen LogP contribution is -2.44. The van der Waals surface area contributed by atoms with Crippen LogP contribution in [0.3, 0.4) is 0 Å². The summed E-state index contributed by atoms with van der Waals surface area (Å²) < 4.78 is 13.0. The van der Waals surface area contributed by atoms with E-state index in [1.54, 1.807) is 7.11 Å². The molecule has 0 aromatic heterocycles. The number of hydrogen-bond acceptors (Lipinski definition) is 3. The summed E-state index contributed by atoms with van der Waals surface area (Å²) in [7, 11) is -0.332. The molecule has 1 aromatic rings. The number of rotatable bonds is 6. The van der Waals surface area contributed by atoms with Crippen molar-refractivity contribution in [2.45, 2.75) is 72.5 Å². The maximum Gasteiger partial charge on any atom is 0.250 e. The van der Waals surface area contributed by atoms with Crippen molar-refractivity contribution in [2.75, 3.05) is 7.11 Å². The summed E-state index contributed by atoms with van der Waals surface area (Å²) in [5.41, 5.74) is 2.12. The quantitative estimate of drug-likeness (QED) is 0.379. The molecule has 0 bridgehead atoms. The minimum absolute atomic E-state index is 0.000414. The largest absolute Gasteiger partial charge is 0.543 e. The molecule has 1 aliphatic carbocycles. The van der Waals surface area contributed by atoms with Crippen LogP contribution in [0.4, 0.5) is 0 Å². The van der Waals surface area contributed by atoms with Gasteiger partial charge in [0, 0.05) is 11.5 Å². The number of carbonyl (C=O) groups is 1. The lowest BCUT2D eigenvalue weighted by molar-refractivity contribution is -0.122. The zero-order valence-corrected chi connectivity index (χ0v) is 22.6. The van der Waals surface area contributed by atoms with Crippen LogP contribution in [0.5, 0.6) is 11.5 Å². The van der Waals surface area contributed by atoms with Crippen LogP contribution in [-0.2, 0) is 4.79 Å². The first-order valence-electron chi connectivity index (χ1n) is 10.6. The monoisotopic (exact) mass is 492 g/mol. The third kappa shape index (κ3) is 5.67. The number of allylic oxidation sites excluding steroid dienone is 3. The minimum atomic E-state index is -2.00. The molecule has 0 saturated carbocycles. The zero-order chi connectivity index (χ0) is 22.9. The number of halogens is 1. The van der Waals surface area contributed by atoms with Crippen LogP contribution in [0.1, 0.15) is 59.9 Å². The van der Waals surface area contributed by atoms with Gasteiger partial charge in [0.25, 0.3) is 8.32 Å². The molecule has 0 spiro atoms. The van der Waals surface area contributed by atoms with E-state index >= 15 is 0 Å². The van der Waals surface area contributed by atoms with Gasteiger partial charge in [-0.05, 0) is 77.5 Å². The van der Waals surface area contributed by atoms with E-state index in [1.807, 2.05) is 25.1 Å². The number of carbonyl (C=O) groups excluding carboxylic acids is 1. The van der Waals surface area contributed by atoms with Gasteiger partial charge in [0.2, 0.25) is 0 Å². The molecular formula is C25H37BrO3Si. The third-order valence-electron chi connectivity index (χ3n) is 6.53. The van der Waals surface area contributed by atoms with E-state index in [0.29, 0.717) is 6.42 Å². The van der Waals surface area contributed by atoms with Crippen molar-refractivity contribution < 1.29 is 14.0 Å². The Bertz CT molecular complexity index is 860. The van der Waals surface area contributed by atoms with Crippen LogP contribution in [0.15, 0.2) is 34.3 Å². The van der Waals surface area contributed by atoms with E-state index in [0.717, 1.165) is 28.0 Å². The first-order chi connectivity index (χ1) is 13.7. The van der Waals surface area contributed by atoms with E-state index in [-0.39, 0.29) is 22.2 Å². The first kappa shape index (κ1) is 24.9. The summed E-state index contributed by atoms with van der Waals surface area (Å²) in [5.74, 6) is 1.86. The number of hydrogen-bond donors (Lipinski definition) is 0. The van der Waals surface area contributed by atoms with Gasteiger partial charge in [-0.25, -0.2) is 0 Å². The average Bonchev–Trinajstić information content (AvgIpc) is 2.56. The van der Waals surface area contributed by atoms with Gasteiger partial charge in [-0.1, -0.05) is 52.3 Å². The van der Waals surface area contributed by atoms with E-state index in [1.165, 1.54) is 5.57 Å². The van der Waals surface area contributed by atoms with Gasteiger partial charge in [0.1, 0.15) is 11.5 Å². The summed E-state index contributed by atoms with van der Waals surface area (Å²) in [5, 5.41) is 0.100. The highest BCUT2D eigenvalue weighted by Gasteiger charge is 2.39. The van der Waals surface area contributed by atoms with Crippen molar-refractivity contribution in [3.8, 4) is 11.5 Å². The molecule has 1 unspecified atom stereocenters. The molecule has 0 radical (unpaired) electrons. The van der Waals surface area contributed by atoms with Crippen molar-refractivity contribution in [3.63, 3.8) is 0 Å². The molecule has 0 amide bonds. The lowest BCUT2D eigenvalue weighted by atomic mass is 9.67. The molecule has 0 aliphatic heterocycles. The van der Waals surface area contributed by atoms with E-state index in [4.69, 9.17) is 9.16 Å². The highest BCUT2D eigenvalue weighted by Crippen LogP contribution is 2.42. The third-order valence-corrected chi connectivity index (χ3v) is 11.5. The Morgan fingerprint density at radius 2 is 1.87 bits per heavy atom. The maximum atomic E-state index is 12.6. The smallest absolute Gasteiger partial charge is 0.250 e. The number of ketones is 1. The molecule has 166 valence electrons. The molecule has 1 aromatic carbocycles. The molecule has 1 atom stereocenters. The Kier molecular flexibility index (Phi) is 7.51. The fourth-order valence-corrected chi connectivity index (χ4v) is 5.26. The van der Waals surface area contributed by atoms with E-state index < -0.39 is 8.32 Å². The first-order valence-corrected chi connectivity index (χ1v) is 14.3.